The van der Waals surface area contributed by atoms with Crippen molar-refractivity contribution >= 4 is 21.8 Å². The lowest BCUT2D eigenvalue weighted by molar-refractivity contribution is -0.134. The number of hydrogen-bond donors (Lipinski definition) is 1. The van der Waals surface area contributed by atoms with Crippen molar-refractivity contribution in [3.8, 4) is 0 Å². The molecule has 0 spiro atoms. The molecule has 1 atom stereocenters. The quantitative estimate of drug-likeness (QED) is 0.907. The smallest absolute Gasteiger partial charge is 0.226 e. The van der Waals surface area contributed by atoms with Crippen molar-refractivity contribution in [2.45, 2.75) is 19.9 Å². The third-order valence-corrected chi connectivity index (χ3v) is 3.36. The van der Waals surface area contributed by atoms with Gasteiger partial charge in [-0.05, 0) is 24.1 Å². The van der Waals surface area contributed by atoms with Gasteiger partial charge in [-0.1, -0.05) is 35.0 Å². The predicted octanol–water partition coefficient (Wildman–Crippen LogP) is 2.39. The Morgan fingerprint density at radius 3 is 2.47 bits per heavy atom. The third kappa shape index (κ3) is 4.13. The van der Waals surface area contributed by atoms with Crippen molar-refractivity contribution in [1.82, 2.24) is 4.90 Å². The first kappa shape index (κ1) is 14.2. The molecule has 0 heterocycles. The number of halogens is 1. The van der Waals surface area contributed by atoms with Crippen molar-refractivity contribution in [3.63, 3.8) is 0 Å². The maximum absolute atomic E-state index is 12.0. The molecule has 0 radical (unpaired) electrons. The summed E-state index contributed by atoms with van der Waals surface area (Å²) in [4.78, 5) is 13.8. The van der Waals surface area contributed by atoms with Gasteiger partial charge in [-0.3, -0.25) is 4.79 Å². The van der Waals surface area contributed by atoms with Gasteiger partial charge in [-0.15, -0.1) is 0 Å². The van der Waals surface area contributed by atoms with Gasteiger partial charge in [0.1, 0.15) is 0 Å². The fraction of sp³-hybridized carbons (Fsp3) is 0.462. The molecule has 0 aliphatic carbocycles. The number of benzene rings is 1. The molecule has 0 saturated carbocycles. The Hall–Kier alpha value is -0.870. The normalized spacial score (nSPS) is 12.2. The van der Waals surface area contributed by atoms with Gasteiger partial charge in [0.15, 0.2) is 0 Å². The molecule has 4 heteroatoms. The van der Waals surface area contributed by atoms with Crippen LogP contribution in [0.25, 0.3) is 0 Å². The monoisotopic (exact) mass is 298 g/mol. The SMILES string of the molecule is CCC(CN)C(=O)N(C)Cc1ccc(Br)cc1. The molecule has 0 aromatic heterocycles. The second-order valence-electron chi connectivity index (χ2n) is 4.16. The molecule has 0 bridgehead atoms. The maximum atomic E-state index is 12.0. The van der Waals surface area contributed by atoms with E-state index in [2.05, 4.69) is 15.9 Å². The van der Waals surface area contributed by atoms with Crippen LogP contribution < -0.4 is 5.73 Å². The van der Waals surface area contributed by atoms with Crippen molar-refractivity contribution in [2.75, 3.05) is 13.6 Å². The van der Waals surface area contributed by atoms with Crippen LogP contribution >= 0.6 is 15.9 Å². The van der Waals surface area contributed by atoms with Crippen molar-refractivity contribution in [2.24, 2.45) is 11.7 Å². The van der Waals surface area contributed by atoms with Crippen LogP contribution in [-0.2, 0) is 11.3 Å². The summed E-state index contributed by atoms with van der Waals surface area (Å²) < 4.78 is 1.05. The molecular weight excluding hydrogens is 280 g/mol. The highest BCUT2D eigenvalue weighted by molar-refractivity contribution is 9.10. The van der Waals surface area contributed by atoms with Crippen LogP contribution in [0.4, 0.5) is 0 Å². The van der Waals surface area contributed by atoms with Gasteiger partial charge in [0, 0.05) is 24.6 Å². The molecule has 1 aromatic carbocycles. The van der Waals surface area contributed by atoms with E-state index < -0.39 is 0 Å². The third-order valence-electron chi connectivity index (χ3n) is 2.84. The van der Waals surface area contributed by atoms with Crippen molar-refractivity contribution in [1.29, 1.82) is 0 Å². The first-order valence-corrected chi connectivity index (χ1v) is 6.57. The van der Waals surface area contributed by atoms with Crippen LogP contribution in [-0.4, -0.2) is 24.4 Å². The number of carbonyl (C=O) groups excluding carboxylic acids is 1. The molecule has 0 aliphatic heterocycles. The molecule has 1 rings (SSSR count). The minimum atomic E-state index is -0.0598. The van der Waals surface area contributed by atoms with E-state index >= 15 is 0 Å². The van der Waals surface area contributed by atoms with E-state index in [1.54, 1.807) is 4.90 Å². The highest BCUT2D eigenvalue weighted by atomic mass is 79.9. The minimum Gasteiger partial charge on any atom is -0.341 e. The molecular formula is C13H19BrN2O. The summed E-state index contributed by atoms with van der Waals surface area (Å²) in [5, 5.41) is 0. The van der Waals surface area contributed by atoms with E-state index in [0.717, 1.165) is 16.5 Å². The maximum Gasteiger partial charge on any atom is 0.226 e. The summed E-state index contributed by atoms with van der Waals surface area (Å²) in [6.07, 6.45) is 0.792. The standard InChI is InChI=1S/C13H19BrN2O/c1-3-11(8-15)13(17)16(2)9-10-4-6-12(14)7-5-10/h4-7,11H,3,8-9,15H2,1-2H3. The van der Waals surface area contributed by atoms with E-state index in [-0.39, 0.29) is 11.8 Å². The number of nitrogens with zero attached hydrogens (tertiary/aromatic N) is 1. The molecule has 1 unspecified atom stereocenters. The zero-order valence-corrected chi connectivity index (χ0v) is 11.9. The minimum absolute atomic E-state index is 0.0598. The lowest BCUT2D eigenvalue weighted by Crippen LogP contribution is -2.35. The van der Waals surface area contributed by atoms with Crippen LogP contribution in [0.15, 0.2) is 28.7 Å². The van der Waals surface area contributed by atoms with Gasteiger partial charge < -0.3 is 10.6 Å². The number of nitrogens with two attached hydrogens (primary N) is 1. The van der Waals surface area contributed by atoms with Crippen LogP contribution in [0.3, 0.4) is 0 Å². The molecule has 1 aromatic rings. The second kappa shape index (κ2) is 6.77. The number of carbonyl (C=O) groups is 1. The van der Waals surface area contributed by atoms with Crippen LogP contribution in [0.1, 0.15) is 18.9 Å². The molecule has 0 saturated heterocycles. The highest BCUT2D eigenvalue weighted by Crippen LogP contribution is 2.13. The van der Waals surface area contributed by atoms with E-state index in [1.807, 2.05) is 38.2 Å². The Kier molecular flexibility index (Phi) is 5.65. The zero-order chi connectivity index (χ0) is 12.8. The topological polar surface area (TPSA) is 46.3 Å². The summed E-state index contributed by atoms with van der Waals surface area (Å²) in [5.41, 5.74) is 6.70. The average molecular weight is 299 g/mol. The van der Waals surface area contributed by atoms with Gasteiger partial charge in [0.05, 0.1) is 5.92 Å². The molecule has 94 valence electrons. The first-order valence-electron chi connectivity index (χ1n) is 5.78. The summed E-state index contributed by atoms with van der Waals surface area (Å²) in [6, 6.07) is 7.98. The predicted molar refractivity (Wildman–Crippen MR) is 73.5 cm³/mol. The van der Waals surface area contributed by atoms with Gasteiger partial charge >= 0.3 is 0 Å². The van der Waals surface area contributed by atoms with E-state index in [9.17, 15) is 4.79 Å². The largest absolute Gasteiger partial charge is 0.341 e. The van der Waals surface area contributed by atoms with Crippen LogP contribution in [0.2, 0.25) is 0 Å². The van der Waals surface area contributed by atoms with Gasteiger partial charge in [-0.2, -0.15) is 0 Å². The number of hydrogen-bond acceptors (Lipinski definition) is 2. The molecule has 0 fully saturated rings. The van der Waals surface area contributed by atoms with E-state index in [4.69, 9.17) is 5.73 Å². The molecule has 17 heavy (non-hydrogen) atoms. The Morgan fingerprint density at radius 1 is 1.41 bits per heavy atom. The van der Waals surface area contributed by atoms with Crippen LogP contribution in [0.5, 0.6) is 0 Å². The lowest BCUT2D eigenvalue weighted by atomic mass is 10.1. The molecule has 0 aliphatic rings. The summed E-state index contributed by atoms with van der Waals surface area (Å²) in [7, 11) is 1.82. The first-order chi connectivity index (χ1) is 8.08. The van der Waals surface area contributed by atoms with Crippen molar-refractivity contribution < 1.29 is 4.79 Å². The molecule has 2 N–H and O–H groups in total. The zero-order valence-electron chi connectivity index (χ0n) is 10.3. The van der Waals surface area contributed by atoms with Crippen LogP contribution in [0, 0.1) is 5.92 Å². The van der Waals surface area contributed by atoms with E-state index in [0.29, 0.717) is 13.1 Å². The average Bonchev–Trinajstić information content (AvgIpc) is 2.33. The Labute approximate surface area is 111 Å². The lowest BCUT2D eigenvalue weighted by Gasteiger charge is -2.22. The number of rotatable bonds is 5. The highest BCUT2D eigenvalue weighted by Gasteiger charge is 2.18. The van der Waals surface area contributed by atoms with Crippen molar-refractivity contribution in [3.05, 3.63) is 34.3 Å². The van der Waals surface area contributed by atoms with Gasteiger partial charge in [0.25, 0.3) is 0 Å². The summed E-state index contributed by atoms with van der Waals surface area (Å²) in [6.45, 7) is 3.03. The second-order valence-corrected chi connectivity index (χ2v) is 5.08. The van der Waals surface area contributed by atoms with E-state index in [1.165, 1.54) is 0 Å². The fourth-order valence-electron chi connectivity index (χ4n) is 1.70. The Bertz CT molecular complexity index is 360. The summed E-state index contributed by atoms with van der Waals surface area (Å²) in [5.74, 6) is 0.0633. The Morgan fingerprint density at radius 2 is 2.00 bits per heavy atom. The molecule has 1 amide bonds. The summed E-state index contributed by atoms with van der Waals surface area (Å²) >= 11 is 3.39. The van der Waals surface area contributed by atoms with Gasteiger partial charge in [-0.25, -0.2) is 0 Å². The molecule has 3 nitrogen and oxygen atoms in total. The van der Waals surface area contributed by atoms with Gasteiger partial charge in [0.2, 0.25) is 5.91 Å². The fourth-order valence-corrected chi connectivity index (χ4v) is 1.96. The number of amides is 1. The Balaban J connectivity index is 2.62.